The highest BCUT2D eigenvalue weighted by atomic mass is 35.5. The van der Waals surface area contributed by atoms with Gasteiger partial charge < -0.3 is 9.80 Å². The molecule has 0 unspecified atom stereocenters. The zero-order chi connectivity index (χ0) is 22.4. The Balaban J connectivity index is 1.54. The maximum Gasteiger partial charge on any atom is 0.269 e. The molecule has 1 saturated heterocycles. The van der Waals surface area contributed by atoms with Crippen molar-refractivity contribution in [3.8, 4) is 0 Å². The molecule has 1 aliphatic heterocycles. The van der Waals surface area contributed by atoms with E-state index in [0.717, 1.165) is 5.56 Å². The lowest BCUT2D eigenvalue weighted by Crippen LogP contribution is -2.42. The molecule has 3 rings (SSSR count). The number of hydrogen-bond acceptors (Lipinski definition) is 4. The van der Waals surface area contributed by atoms with Crippen LogP contribution < -0.4 is 0 Å². The van der Waals surface area contributed by atoms with Gasteiger partial charge in [0, 0.05) is 55.8 Å². The van der Waals surface area contributed by atoms with Crippen molar-refractivity contribution in [1.29, 1.82) is 0 Å². The molecule has 0 spiro atoms. The van der Waals surface area contributed by atoms with Gasteiger partial charge in [-0.2, -0.15) is 0 Å². The molecule has 8 heteroatoms. The fourth-order valence-electron chi connectivity index (χ4n) is 3.62. The van der Waals surface area contributed by atoms with Gasteiger partial charge in [-0.05, 0) is 36.1 Å². The molecular weight excluding hydrogens is 418 g/mol. The van der Waals surface area contributed by atoms with E-state index in [0.29, 0.717) is 36.5 Å². The van der Waals surface area contributed by atoms with E-state index in [4.69, 9.17) is 11.6 Å². The summed E-state index contributed by atoms with van der Waals surface area (Å²) in [7, 11) is 1.66. The molecule has 31 heavy (non-hydrogen) atoms. The van der Waals surface area contributed by atoms with Crippen LogP contribution in [0.4, 0.5) is 5.69 Å². The Morgan fingerprint density at radius 2 is 1.87 bits per heavy atom. The third-order valence-corrected chi connectivity index (χ3v) is 5.77. The maximum atomic E-state index is 12.9. The number of piperidine rings is 1. The van der Waals surface area contributed by atoms with Crippen molar-refractivity contribution in [2.24, 2.45) is 5.92 Å². The lowest BCUT2D eigenvalue weighted by Gasteiger charge is -2.32. The Labute approximate surface area is 186 Å². The largest absolute Gasteiger partial charge is 0.341 e. The van der Waals surface area contributed by atoms with Crippen LogP contribution in [0.25, 0.3) is 6.08 Å². The molecule has 0 radical (unpaired) electrons. The number of carbonyl (C=O) groups excluding carboxylic acids is 2. The van der Waals surface area contributed by atoms with Crippen molar-refractivity contribution >= 4 is 35.2 Å². The van der Waals surface area contributed by atoms with Gasteiger partial charge in [-0.15, -0.1) is 0 Å². The lowest BCUT2D eigenvalue weighted by molar-refractivity contribution is -0.384. The van der Waals surface area contributed by atoms with Crippen LogP contribution in [0.2, 0.25) is 5.02 Å². The number of halogens is 1. The molecule has 0 bridgehead atoms. The van der Waals surface area contributed by atoms with E-state index < -0.39 is 4.92 Å². The van der Waals surface area contributed by atoms with Gasteiger partial charge in [0.15, 0.2) is 0 Å². The summed E-state index contributed by atoms with van der Waals surface area (Å²) in [6, 6.07) is 13.8. The van der Waals surface area contributed by atoms with Crippen molar-refractivity contribution in [3.05, 3.63) is 80.9 Å². The van der Waals surface area contributed by atoms with E-state index >= 15 is 0 Å². The summed E-state index contributed by atoms with van der Waals surface area (Å²) in [6.07, 6.45) is 4.51. The highest BCUT2D eigenvalue weighted by Crippen LogP contribution is 2.25. The van der Waals surface area contributed by atoms with Crippen LogP contribution in [0.15, 0.2) is 54.6 Å². The minimum Gasteiger partial charge on any atom is -0.341 e. The first-order valence-electron chi connectivity index (χ1n) is 10.0. The average molecular weight is 442 g/mol. The predicted molar refractivity (Wildman–Crippen MR) is 119 cm³/mol. The standard InChI is InChI=1S/C23H24ClN3O4/c1-25(16-19-15-20(27(30)31)8-9-21(19)24)23(29)18-11-13-26(14-12-18)22(28)10-7-17-5-3-2-4-6-17/h2-10,15,18H,11-14,16H2,1H3/b10-7+. The molecule has 0 aliphatic carbocycles. The van der Waals surface area contributed by atoms with Gasteiger partial charge in [0.2, 0.25) is 11.8 Å². The van der Waals surface area contributed by atoms with E-state index in [9.17, 15) is 19.7 Å². The molecule has 0 saturated carbocycles. The van der Waals surface area contributed by atoms with E-state index in [1.807, 2.05) is 30.3 Å². The van der Waals surface area contributed by atoms with Gasteiger partial charge in [-0.25, -0.2) is 0 Å². The third kappa shape index (κ3) is 5.92. The molecule has 2 aromatic carbocycles. The zero-order valence-electron chi connectivity index (χ0n) is 17.2. The summed E-state index contributed by atoms with van der Waals surface area (Å²) in [5.41, 5.74) is 1.43. The fraction of sp³-hybridized carbons (Fsp3) is 0.304. The van der Waals surface area contributed by atoms with Crippen LogP contribution in [0.3, 0.4) is 0 Å². The molecule has 1 aliphatic rings. The van der Waals surface area contributed by atoms with Crippen molar-refractivity contribution in [3.63, 3.8) is 0 Å². The molecule has 2 aromatic rings. The molecule has 0 N–H and O–H groups in total. The molecule has 0 atom stereocenters. The van der Waals surface area contributed by atoms with Gasteiger partial charge in [0.25, 0.3) is 5.69 Å². The van der Waals surface area contributed by atoms with E-state index in [1.54, 1.807) is 29.0 Å². The SMILES string of the molecule is CN(Cc1cc([N+](=O)[O-])ccc1Cl)C(=O)C1CCN(C(=O)/C=C/c2ccccc2)CC1. The second-order valence-electron chi connectivity index (χ2n) is 7.57. The molecule has 162 valence electrons. The molecule has 1 fully saturated rings. The number of benzene rings is 2. The summed E-state index contributed by atoms with van der Waals surface area (Å²) in [4.78, 5) is 39.1. The minimum atomic E-state index is -0.485. The van der Waals surface area contributed by atoms with Crippen molar-refractivity contribution in [2.45, 2.75) is 19.4 Å². The van der Waals surface area contributed by atoms with E-state index in [-0.39, 0.29) is 30.0 Å². The minimum absolute atomic E-state index is 0.0468. The van der Waals surface area contributed by atoms with Crippen LogP contribution in [-0.4, -0.2) is 46.7 Å². The van der Waals surface area contributed by atoms with Crippen molar-refractivity contribution in [1.82, 2.24) is 9.80 Å². The Morgan fingerprint density at radius 3 is 2.52 bits per heavy atom. The fourth-order valence-corrected chi connectivity index (χ4v) is 3.80. The van der Waals surface area contributed by atoms with Gasteiger partial charge in [0.1, 0.15) is 0 Å². The van der Waals surface area contributed by atoms with Crippen LogP contribution in [0.5, 0.6) is 0 Å². The molecule has 1 heterocycles. The first-order chi connectivity index (χ1) is 14.8. The number of nitro groups is 1. The number of carbonyl (C=O) groups is 2. The van der Waals surface area contributed by atoms with Crippen LogP contribution >= 0.6 is 11.6 Å². The normalized spacial score (nSPS) is 14.6. The topological polar surface area (TPSA) is 83.8 Å². The first kappa shape index (κ1) is 22.5. The Morgan fingerprint density at radius 1 is 1.19 bits per heavy atom. The van der Waals surface area contributed by atoms with Gasteiger partial charge in [-0.1, -0.05) is 41.9 Å². The third-order valence-electron chi connectivity index (χ3n) is 5.40. The molecule has 2 amide bonds. The summed E-state index contributed by atoms with van der Waals surface area (Å²) in [6.45, 7) is 1.22. The zero-order valence-corrected chi connectivity index (χ0v) is 18.0. The molecule has 0 aromatic heterocycles. The van der Waals surface area contributed by atoms with E-state index in [1.165, 1.54) is 18.2 Å². The quantitative estimate of drug-likeness (QED) is 0.383. The highest BCUT2D eigenvalue weighted by molar-refractivity contribution is 6.31. The second kappa shape index (κ2) is 10.2. The summed E-state index contributed by atoms with van der Waals surface area (Å²) in [5.74, 6) is -0.300. The number of nitro benzene ring substituents is 1. The maximum absolute atomic E-state index is 12.9. The predicted octanol–water partition coefficient (Wildman–Crippen LogP) is 4.16. The summed E-state index contributed by atoms with van der Waals surface area (Å²) >= 11 is 6.15. The number of likely N-dealkylation sites (tertiary alicyclic amines) is 1. The van der Waals surface area contributed by atoms with Crippen molar-refractivity contribution in [2.75, 3.05) is 20.1 Å². The Hall–Kier alpha value is -3.19. The average Bonchev–Trinajstić information content (AvgIpc) is 2.79. The van der Waals surface area contributed by atoms with Gasteiger partial charge >= 0.3 is 0 Å². The van der Waals surface area contributed by atoms with Crippen LogP contribution in [-0.2, 0) is 16.1 Å². The number of non-ortho nitro benzene ring substituents is 1. The monoisotopic (exact) mass is 441 g/mol. The second-order valence-corrected chi connectivity index (χ2v) is 7.98. The van der Waals surface area contributed by atoms with Crippen molar-refractivity contribution < 1.29 is 14.5 Å². The van der Waals surface area contributed by atoms with Crippen LogP contribution in [0.1, 0.15) is 24.0 Å². The molecular formula is C23H24ClN3O4. The number of amides is 2. The molecule has 7 nitrogen and oxygen atoms in total. The number of hydrogen-bond donors (Lipinski definition) is 0. The smallest absolute Gasteiger partial charge is 0.269 e. The summed E-state index contributed by atoms with van der Waals surface area (Å²) < 4.78 is 0. The Bertz CT molecular complexity index is 986. The van der Waals surface area contributed by atoms with Gasteiger partial charge in [0.05, 0.1) is 4.92 Å². The summed E-state index contributed by atoms with van der Waals surface area (Å²) in [5, 5.41) is 11.4. The number of nitrogens with zero attached hydrogens (tertiary/aromatic N) is 3. The highest BCUT2D eigenvalue weighted by Gasteiger charge is 2.29. The number of rotatable bonds is 6. The Kier molecular flexibility index (Phi) is 7.41. The lowest BCUT2D eigenvalue weighted by atomic mass is 9.95. The van der Waals surface area contributed by atoms with E-state index in [2.05, 4.69) is 0 Å². The van der Waals surface area contributed by atoms with Crippen LogP contribution in [0, 0.1) is 16.0 Å². The first-order valence-corrected chi connectivity index (χ1v) is 10.4. The van der Waals surface area contributed by atoms with Gasteiger partial charge in [-0.3, -0.25) is 19.7 Å².